The monoisotopic (exact) mass is 352 g/mol. The molecule has 1 aromatic rings. The molecule has 20 heavy (non-hydrogen) atoms. The minimum Gasteiger partial charge on any atom is -0.298 e. The molecule has 0 radical (unpaired) electrons. The van der Waals surface area contributed by atoms with Crippen LogP contribution in [-0.2, 0) is 4.79 Å². The minimum absolute atomic E-state index is 0.128. The molecule has 0 aliphatic carbocycles. The van der Waals surface area contributed by atoms with Gasteiger partial charge in [-0.15, -0.1) is 5.10 Å². The minimum atomic E-state index is -0.183. The van der Waals surface area contributed by atoms with E-state index in [2.05, 4.69) is 31.3 Å². The zero-order valence-corrected chi connectivity index (χ0v) is 13.5. The maximum absolute atomic E-state index is 12.4. The Bertz CT molecular complexity index is 730. The van der Waals surface area contributed by atoms with E-state index in [9.17, 15) is 4.79 Å². The lowest BCUT2D eigenvalue weighted by Crippen LogP contribution is -2.52. The molecule has 7 heteroatoms. The fourth-order valence-electron chi connectivity index (χ4n) is 2.22. The molecule has 2 heterocycles. The molecule has 1 aromatic carbocycles. The summed E-state index contributed by atoms with van der Waals surface area (Å²) in [7, 11) is 0. The average Bonchev–Trinajstić information content (AvgIpc) is 2.40. The van der Waals surface area contributed by atoms with Crippen LogP contribution in [0.2, 0.25) is 0 Å². The first-order valence-electron chi connectivity index (χ1n) is 6.30. The van der Waals surface area contributed by atoms with Gasteiger partial charge in [-0.3, -0.25) is 15.1 Å². The second-order valence-corrected chi connectivity index (χ2v) is 6.58. The van der Waals surface area contributed by atoms with E-state index in [4.69, 9.17) is 0 Å². The molecule has 104 valence electrons. The van der Waals surface area contributed by atoms with Gasteiger partial charge in [0.2, 0.25) is 0 Å². The summed E-state index contributed by atoms with van der Waals surface area (Å²) in [6.07, 6.45) is -0.183. The number of nitrogens with one attached hydrogen (secondary N) is 1. The van der Waals surface area contributed by atoms with Gasteiger partial charge >= 0.3 is 0 Å². The van der Waals surface area contributed by atoms with E-state index in [1.54, 1.807) is 5.01 Å². The van der Waals surface area contributed by atoms with Gasteiger partial charge in [-0.2, -0.15) is 0 Å². The number of benzene rings is 1. The SMILES string of the molecule is CCSC1=NN2C(=c3cc(Br)ccc3=NC2C)C(=O)N1. The third-order valence-electron chi connectivity index (χ3n) is 3.04. The molecule has 0 saturated carbocycles. The van der Waals surface area contributed by atoms with Gasteiger partial charge in [0.05, 0.1) is 5.36 Å². The van der Waals surface area contributed by atoms with Crippen molar-refractivity contribution in [3.8, 4) is 0 Å². The van der Waals surface area contributed by atoms with E-state index < -0.39 is 0 Å². The van der Waals surface area contributed by atoms with Crippen LogP contribution >= 0.6 is 27.7 Å². The number of rotatable bonds is 1. The van der Waals surface area contributed by atoms with Crippen molar-refractivity contribution in [2.75, 3.05) is 5.75 Å². The average molecular weight is 353 g/mol. The smallest absolute Gasteiger partial charge is 0.276 e. The van der Waals surface area contributed by atoms with E-state index in [1.807, 2.05) is 32.0 Å². The molecule has 0 aromatic heterocycles. The highest BCUT2D eigenvalue weighted by Crippen LogP contribution is 2.20. The summed E-state index contributed by atoms with van der Waals surface area (Å²) in [6, 6.07) is 5.74. The molecule has 1 N–H and O–H groups in total. The number of fused-ring (bicyclic) bond motifs is 2. The molecule has 0 saturated heterocycles. The second-order valence-electron chi connectivity index (χ2n) is 4.41. The Labute approximate surface area is 129 Å². The van der Waals surface area contributed by atoms with Gasteiger partial charge in [0.1, 0.15) is 11.9 Å². The van der Waals surface area contributed by atoms with Gasteiger partial charge in [-0.1, -0.05) is 34.6 Å². The first-order chi connectivity index (χ1) is 9.60. The zero-order valence-electron chi connectivity index (χ0n) is 11.1. The van der Waals surface area contributed by atoms with Crippen LogP contribution in [0.15, 0.2) is 32.8 Å². The van der Waals surface area contributed by atoms with E-state index in [-0.39, 0.29) is 12.1 Å². The molecule has 2 aliphatic heterocycles. The van der Waals surface area contributed by atoms with Crippen molar-refractivity contribution >= 4 is 44.5 Å². The normalized spacial score (nSPS) is 20.6. The number of thioether (sulfide) groups is 1. The number of amides is 1. The van der Waals surface area contributed by atoms with Crippen LogP contribution in [0.3, 0.4) is 0 Å². The lowest BCUT2D eigenvalue weighted by atomic mass is 10.2. The van der Waals surface area contributed by atoms with Crippen molar-refractivity contribution in [1.82, 2.24) is 10.3 Å². The fraction of sp³-hybridized carbons (Fsp3) is 0.308. The molecule has 5 nitrogen and oxygen atoms in total. The molecule has 0 bridgehead atoms. The third kappa shape index (κ3) is 2.25. The number of nitrogens with zero attached hydrogens (tertiary/aromatic N) is 3. The number of carbonyl (C=O) groups excluding carboxylic acids is 1. The highest BCUT2D eigenvalue weighted by atomic mass is 79.9. The first kappa shape index (κ1) is 13.6. The highest BCUT2D eigenvalue weighted by molar-refractivity contribution is 9.10. The molecule has 3 rings (SSSR count). The third-order valence-corrected chi connectivity index (χ3v) is 4.28. The summed E-state index contributed by atoms with van der Waals surface area (Å²) in [5.74, 6) is 0.729. The Morgan fingerprint density at radius 2 is 2.30 bits per heavy atom. The number of hydrogen-bond acceptors (Lipinski definition) is 5. The van der Waals surface area contributed by atoms with Crippen LogP contribution in [0, 0.1) is 0 Å². The lowest BCUT2D eigenvalue weighted by Gasteiger charge is -2.32. The topological polar surface area (TPSA) is 57.1 Å². The Morgan fingerprint density at radius 1 is 1.50 bits per heavy atom. The predicted octanol–water partition coefficient (Wildman–Crippen LogP) is 0.992. The van der Waals surface area contributed by atoms with Gasteiger partial charge in [-0.05, 0) is 30.9 Å². The van der Waals surface area contributed by atoms with Crippen LogP contribution in [0.5, 0.6) is 0 Å². The summed E-state index contributed by atoms with van der Waals surface area (Å²) >= 11 is 4.94. The Kier molecular flexibility index (Phi) is 3.55. The Balaban J connectivity index is 2.24. The predicted molar refractivity (Wildman–Crippen MR) is 83.3 cm³/mol. The van der Waals surface area contributed by atoms with Gasteiger partial charge in [0, 0.05) is 9.69 Å². The van der Waals surface area contributed by atoms with E-state index in [0.29, 0.717) is 10.9 Å². The van der Waals surface area contributed by atoms with Crippen molar-refractivity contribution < 1.29 is 4.79 Å². The number of halogens is 1. The maximum Gasteiger partial charge on any atom is 0.276 e. The summed E-state index contributed by atoms with van der Waals surface area (Å²) in [4.78, 5) is 17.0. The standard InChI is InChI=1S/C13H13BrN4OS/c1-3-20-13-16-12(19)11-9-6-8(14)4-5-10(9)15-7(2)18(11)17-13/h4-7H,3H2,1-2H3,(H,16,17,19). The van der Waals surface area contributed by atoms with Crippen LogP contribution in [0.1, 0.15) is 13.8 Å². The number of amidine groups is 1. The molecule has 0 spiro atoms. The Hall–Kier alpha value is -1.34. The summed E-state index contributed by atoms with van der Waals surface area (Å²) in [6.45, 7) is 3.95. The molecule has 1 atom stereocenters. The highest BCUT2D eigenvalue weighted by Gasteiger charge is 2.31. The number of hydrogen-bond donors (Lipinski definition) is 1. The van der Waals surface area contributed by atoms with Crippen molar-refractivity contribution in [2.45, 2.75) is 20.0 Å². The van der Waals surface area contributed by atoms with Crippen LogP contribution < -0.4 is 15.9 Å². The van der Waals surface area contributed by atoms with Crippen molar-refractivity contribution in [2.24, 2.45) is 10.1 Å². The van der Waals surface area contributed by atoms with E-state index in [0.717, 1.165) is 20.8 Å². The van der Waals surface area contributed by atoms with Crippen molar-refractivity contribution in [3.63, 3.8) is 0 Å². The second kappa shape index (κ2) is 5.21. The van der Waals surface area contributed by atoms with Gasteiger partial charge in [0.15, 0.2) is 5.17 Å². The molecule has 0 fully saturated rings. The zero-order chi connectivity index (χ0) is 14.3. The lowest BCUT2D eigenvalue weighted by molar-refractivity contribution is -0.116. The van der Waals surface area contributed by atoms with Crippen LogP contribution in [0.4, 0.5) is 0 Å². The first-order valence-corrected chi connectivity index (χ1v) is 8.07. The molecule has 1 amide bonds. The van der Waals surface area contributed by atoms with Crippen LogP contribution in [0.25, 0.3) is 5.70 Å². The van der Waals surface area contributed by atoms with Crippen molar-refractivity contribution in [3.05, 3.63) is 33.2 Å². The maximum atomic E-state index is 12.4. The fourth-order valence-corrected chi connectivity index (χ4v) is 3.16. The van der Waals surface area contributed by atoms with Gasteiger partial charge < -0.3 is 0 Å². The molecular weight excluding hydrogens is 340 g/mol. The molecular formula is C13H13BrN4OS. The number of hydrazone groups is 1. The van der Waals surface area contributed by atoms with E-state index in [1.165, 1.54) is 11.8 Å². The summed E-state index contributed by atoms with van der Waals surface area (Å²) < 4.78 is 0.916. The van der Waals surface area contributed by atoms with Gasteiger partial charge in [0.25, 0.3) is 5.91 Å². The number of carbonyl (C=O) groups is 1. The van der Waals surface area contributed by atoms with E-state index >= 15 is 0 Å². The Morgan fingerprint density at radius 3 is 3.05 bits per heavy atom. The molecule has 2 aliphatic rings. The van der Waals surface area contributed by atoms with Gasteiger partial charge in [-0.25, -0.2) is 5.01 Å². The quantitative estimate of drug-likeness (QED) is 0.819. The summed E-state index contributed by atoms with van der Waals surface area (Å²) in [5.41, 5.74) is 0.559. The summed E-state index contributed by atoms with van der Waals surface area (Å²) in [5, 5.41) is 11.3. The van der Waals surface area contributed by atoms with Crippen molar-refractivity contribution in [1.29, 1.82) is 0 Å². The van der Waals surface area contributed by atoms with Crippen LogP contribution in [-0.4, -0.2) is 28.0 Å². The largest absolute Gasteiger partial charge is 0.298 e. The molecule has 1 unspecified atom stereocenters.